The van der Waals surface area contributed by atoms with Crippen LogP contribution in [0.5, 0.6) is 11.5 Å². The molecule has 0 bridgehead atoms. The molecule has 2 aromatic heterocycles. The number of benzene rings is 2. The third kappa shape index (κ3) is 5.15. The number of fused-ring (bicyclic) bond motifs is 1. The molecule has 2 aromatic carbocycles. The Balaban J connectivity index is 1.50. The van der Waals surface area contributed by atoms with Crippen molar-refractivity contribution in [1.29, 1.82) is 0 Å². The van der Waals surface area contributed by atoms with Crippen molar-refractivity contribution >= 4 is 21.2 Å². The van der Waals surface area contributed by atoms with E-state index in [0.717, 1.165) is 29.8 Å². The largest absolute Gasteiger partial charge is 0.493 e. The molecule has 0 radical (unpaired) electrons. The minimum absolute atomic E-state index is 0.109. The summed E-state index contributed by atoms with van der Waals surface area (Å²) >= 11 is 0. The summed E-state index contributed by atoms with van der Waals surface area (Å²) in [5.41, 5.74) is 2.76. The summed E-state index contributed by atoms with van der Waals surface area (Å²) in [7, 11) is -0.761. The first-order valence-corrected chi connectivity index (χ1v) is 12.1. The van der Waals surface area contributed by atoms with Crippen molar-refractivity contribution in [3.05, 3.63) is 78.2 Å². The highest BCUT2D eigenvalue weighted by Gasteiger charge is 2.18. The van der Waals surface area contributed by atoms with Crippen LogP contribution in [0.3, 0.4) is 0 Å². The lowest BCUT2D eigenvalue weighted by molar-refractivity contribution is 0.354. The van der Waals surface area contributed by atoms with Crippen molar-refractivity contribution in [2.75, 3.05) is 20.8 Å². The molecule has 172 valence electrons. The molecule has 0 aliphatic rings. The summed E-state index contributed by atoms with van der Waals surface area (Å²) in [6.07, 6.45) is 3.28. The Morgan fingerprint density at radius 1 is 0.939 bits per heavy atom. The highest BCUT2D eigenvalue weighted by Crippen LogP contribution is 2.29. The van der Waals surface area contributed by atoms with Crippen LogP contribution >= 0.6 is 0 Å². The second-order valence-corrected chi connectivity index (χ2v) is 9.19. The van der Waals surface area contributed by atoms with Crippen molar-refractivity contribution < 1.29 is 17.9 Å². The molecule has 0 unspecified atom stereocenters. The molecule has 1 N–H and O–H groups in total. The fourth-order valence-electron chi connectivity index (χ4n) is 3.69. The molecule has 0 saturated heterocycles. The lowest BCUT2D eigenvalue weighted by Gasteiger charge is -2.12. The molecule has 4 aromatic rings. The monoisotopic (exact) mass is 466 g/mol. The van der Waals surface area contributed by atoms with Crippen molar-refractivity contribution in [1.82, 2.24) is 19.3 Å². The maximum Gasteiger partial charge on any atom is 0.240 e. The Kier molecular flexibility index (Phi) is 6.90. The van der Waals surface area contributed by atoms with E-state index in [-0.39, 0.29) is 11.4 Å². The van der Waals surface area contributed by atoms with Gasteiger partial charge in [0.05, 0.1) is 19.1 Å². The van der Waals surface area contributed by atoms with Crippen LogP contribution in [0.1, 0.15) is 11.4 Å². The summed E-state index contributed by atoms with van der Waals surface area (Å²) in [4.78, 5) is 9.31. The van der Waals surface area contributed by atoms with Crippen LogP contribution in [0.25, 0.3) is 11.2 Å². The lowest BCUT2D eigenvalue weighted by atomic mass is 10.1. The molecular weight excluding hydrogens is 440 g/mol. The third-order valence-electron chi connectivity index (χ3n) is 5.36. The number of nitrogens with one attached hydrogen (secondary N) is 1. The predicted molar refractivity (Wildman–Crippen MR) is 126 cm³/mol. The fraction of sp³-hybridized carbons (Fsp3) is 0.250. The average molecular weight is 467 g/mol. The lowest BCUT2D eigenvalue weighted by Crippen LogP contribution is -2.28. The highest BCUT2D eigenvalue weighted by molar-refractivity contribution is 7.89. The number of aryl methyl sites for hydroxylation is 2. The van der Waals surface area contributed by atoms with Gasteiger partial charge in [-0.1, -0.05) is 30.3 Å². The SMILES string of the molecule is COc1ccc(S(=O)(=O)NCCn2c(CCc3ccccc3)nc3cccnc32)cc1OC. The van der Waals surface area contributed by atoms with Crippen LogP contribution in [-0.4, -0.2) is 43.7 Å². The first-order valence-electron chi connectivity index (χ1n) is 10.6. The van der Waals surface area contributed by atoms with E-state index >= 15 is 0 Å². The zero-order valence-electron chi connectivity index (χ0n) is 18.6. The van der Waals surface area contributed by atoms with Gasteiger partial charge in [-0.25, -0.2) is 23.1 Å². The molecule has 0 amide bonds. The van der Waals surface area contributed by atoms with E-state index in [9.17, 15) is 8.42 Å². The molecular formula is C24H26N4O4S. The summed E-state index contributed by atoms with van der Waals surface area (Å²) in [6, 6.07) is 18.5. The maximum absolute atomic E-state index is 12.8. The van der Waals surface area contributed by atoms with E-state index in [0.29, 0.717) is 18.0 Å². The van der Waals surface area contributed by atoms with E-state index in [1.807, 2.05) is 34.9 Å². The normalized spacial score (nSPS) is 11.6. The number of imidazole rings is 1. The van der Waals surface area contributed by atoms with Gasteiger partial charge < -0.3 is 14.0 Å². The molecule has 0 spiro atoms. The quantitative estimate of drug-likeness (QED) is 0.386. The Bertz CT molecular complexity index is 1340. The first-order chi connectivity index (χ1) is 16.0. The van der Waals surface area contributed by atoms with Gasteiger partial charge in [0.2, 0.25) is 10.0 Å². The fourth-order valence-corrected chi connectivity index (χ4v) is 4.73. The number of pyridine rings is 1. The first kappa shape index (κ1) is 22.8. The van der Waals surface area contributed by atoms with Gasteiger partial charge in [-0.05, 0) is 36.2 Å². The van der Waals surface area contributed by atoms with E-state index in [4.69, 9.17) is 14.5 Å². The molecule has 0 fully saturated rings. The number of rotatable bonds is 10. The van der Waals surface area contributed by atoms with Crippen LogP contribution in [0.4, 0.5) is 0 Å². The molecule has 0 atom stereocenters. The summed E-state index contributed by atoms with van der Waals surface area (Å²) in [6.45, 7) is 0.598. The van der Waals surface area contributed by atoms with Crippen LogP contribution in [0.15, 0.2) is 71.8 Å². The molecule has 9 heteroatoms. The molecule has 4 rings (SSSR count). The van der Waals surface area contributed by atoms with Crippen LogP contribution in [0, 0.1) is 0 Å². The molecule has 8 nitrogen and oxygen atoms in total. The zero-order chi connectivity index (χ0) is 23.3. The van der Waals surface area contributed by atoms with Gasteiger partial charge in [0.25, 0.3) is 0 Å². The molecule has 0 aliphatic heterocycles. The number of ether oxygens (including phenoxy) is 2. The van der Waals surface area contributed by atoms with E-state index in [1.54, 1.807) is 12.3 Å². The van der Waals surface area contributed by atoms with Crippen LogP contribution in [-0.2, 0) is 29.4 Å². The van der Waals surface area contributed by atoms with E-state index in [1.165, 1.54) is 31.9 Å². The van der Waals surface area contributed by atoms with Gasteiger partial charge in [0, 0.05) is 31.8 Å². The van der Waals surface area contributed by atoms with Gasteiger partial charge in [-0.3, -0.25) is 0 Å². The average Bonchev–Trinajstić information content (AvgIpc) is 3.20. The van der Waals surface area contributed by atoms with Crippen molar-refractivity contribution in [3.8, 4) is 11.5 Å². The zero-order valence-corrected chi connectivity index (χ0v) is 19.4. The standard InChI is InChI=1S/C24H26N4O4S/c1-31-21-12-11-19(17-22(21)32-2)33(29,30)26-15-16-28-23(13-10-18-7-4-3-5-8-18)27-20-9-6-14-25-24(20)28/h3-9,11-12,14,17,26H,10,13,15-16H2,1-2H3. The van der Waals surface area contributed by atoms with Gasteiger partial charge in [-0.2, -0.15) is 0 Å². The highest BCUT2D eigenvalue weighted by atomic mass is 32.2. The Morgan fingerprint density at radius 2 is 1.73 bits per heavy atom. The van der Waals surface area contributed by atoms with Gasteiger partial charge in [-0.15, -0.1) is 0 Å². The van der Waals surface area contributed by atoms with E-state index < -0.39 is 10.0 Å². The van der Waals surface area contributed by atoms with Crippen molar-refractivity contribution in [2.45, 2.75) is 24.3 Å². The third-order valence-corrected chi connectivity index (χ3v) is 6.81. The number of nitrogens with zero attached hydrogens (tertiary/aromatic N) is 3. The number of hydrogen-bond donors (Lipinski definition) is 1. The predicted octanol–water partition coefficient (Wildman–Crippen LogP) is 3.21. The van der Waals surface area contributed by atoms with Crippen LogP contribution in [0.2, 0.25) is 0 Å². The molecule has 33 heavy (non-hydrogen) atoms. The minimum atomic E-state index is -3.73. The second kappa shape index (κ2) is 10.0. The maximum atomic E-state index is 12.8. The van der Waals surface area contributed by atoms with E-state index in [2.05, 4.69) is 21.8 Å². The topological polar surface area (TPSA) is 95.3 Å². The van der Waals surface area contributed by atoms with Gasteiger partial charge in [0.1, 0.15) is 11.3 Å². The number of hydrogen-bond acceptors (Lipinski definition) is 6. The summed E-state index contributed by atoms with van der Waals surface area (Å²) < 4.78 is 40.7. The Labute approximate surface area is 193 Å². The Hall–Kier alpha value is -3.43. The number of methoxy groups -OCH3 is 2. The summed E-state index contributed by atoms with van der Waals surface area (Å²) in [5.74, 6) is 1.70. The number of sulfonamides is 1. The smallest absolute Gasteiger partial charge is 0.240 e. The van der Waals surface area contributed by atoms with Gasteiger partial charge >= 0.3 is 0 Å². The summed E-state index contributed by atoms with van der Waals surface area (Å²) in [5, 5.41) is 0. The number of aromatic nitrogens is 3. The van der Waals surface area contributed by atoms with Gasteiger partial charge in [0.15, 0.2) is 17.1 Å². The second-order valence-electron chi connectivity index (χ2n) is 7.43. The van der Waals surface area contributed by atoms with Crippen molar-refractivity contribution in [3.63, 3.8) is 0 Å². The molecule has 2 heterocycles. The Morgan fingerprint density at radius 3 is 2.48 bits per heavy atom. The van der Waals surface area contributed by atoms with Crippen LogP contribution < -0.4 is 14.2 Å². The minimum Gasteiger partial charge on any atom is -0.493 e. The van der Waals surface area contributed by atoms with Crippen molar-refractivity contribution in [2.24, 2.45) is 0 Å². The molecule has 0 saturated carbocycles. The molecule has 0 aliphatic carbocycles.